The minimum atomic E-state index is -0.334. The van der Waals surface area contributed by atoms with Gasteiger partial charge in [0.25, 0.3) is 11.8 Å². The van der Waals surface area contributed by atoms with Crippen LogP contribution in [0.2, 0.25) is 0 Å². The van der Waals surface area contributed by atoms with Crippen LogP contribution in [0.15, 0.2) is 64.8 Å². The molecule has 2 rings (SSSR count). The first kappa shape index (κ1) is 17.0. The maximum Gasteiger partial charge on any atom is 0.267 e. The lowest BCUT2D eigenvalue weighted by Gasteiger charge is -2.10. The molecule has 0 atom stereocenters. The van der Waals surface area contributed by atoms with Crippen molar-refractivity contribution >= 4 is 33.8 Å². The molecule has 2 amide bonds. The molecule has 0 heterocycles. The Bertz CT molecular complexity index is 727. The summed E-state index contributed by atoms with van der Waals surface area (Å²) in [5, 5.41) is 5.39. The van der Waals surface area contributed by atoms with Crippen LogP contribution in [0.25, 0.3) is 6.08 Å². The van der Waals surface area contributed by atoms with Crippen molar-refractivity contribution in [1.29, 1.82) is 0 Å². The Labute approximate surface area is 143 Å². The summed E-state index contributed by atoms with van der Waals surface area (Å²) in [6.07, 6.45) is 1.65. The average molecular weight is 373 g/mol. The molecule has 2 N–H and O–H groups in total. The standard InChI is InChI=1S/C18H17BrN2O2/c1-2-20-18(23)16(11-13-7-4-3-5-8-13)21-17(22)14-9-6-10-15(19)12-14/h3-12H,2H2,1H3,(H,20,23)(H,21,22)/b16-11+. The lowest BCUT2D eigenvalue weighted by molar-refractivity contribution is -0.117. The van der Waals surface area contributed by atoms with Gasteiger partial charge < -0.3 is 10.6 Å². The lowest BCUT2D eigenvalue weighted by atomic mass is 10.1. The Kier molecular flexibility index (Phi) is 6.11. The third-order valence-electron chi connectivity index (χ3n) is 3.03. The highest BCUT2D eigenvalue weighted by atomic mass is 79.9. The summed E-state index contributed by atoms with van der Waals surface area (Å²) in [4.78, 5) is 24.5. The molecule has 0 spiro atoms. The number of carbonyl (C=O) groups excluding carboxylic acids is 2. The van der Waals surface area contributed by atoms with Crippen molar-refractivity contribution in [2.75, 3.05) is 6.54 Å². The maximum atomic E-state index is 12.4. The molecule has 0 saturated carbocycles. The van der Waals surface area contributed by atoms with Gasteiger partial charge in [0.2, 0.25) is 0 Å². The van der Waals surface area contributed by atoms with Gasteiger partial charge in [-0.25, -0.2) is 0 Å². The van der Waals surface area contributed by atoms with E-state index in [9.17, 15) is 9.59 Å². The zero-order valence-corrected chi connectivity index (χ0v) is 14.3. The number of halogens is 1. The Morgan fingerprint density at radius 3 is 2.48 bits per heavy atom. The van der Waals surface area contributed by atoms with E-state index in [0.717, 1.165) is 10.0 Å². The molecule has 0 aliphatic heterocycles. The van der Waals surface area contributed by atoms with Gasteiger partial charge in [0.1, 0.15) is 5.70 Å². The zero-order valence-electron chi connectivity index (χ0n) is 12.7. The molecule has 0 aliphatic carbocycles. The fourth-order valence-electron chi connectivity index (χ4n) is 1.95. The van der Waals surface area contributed by atoms with E-state index in [-0.39, 0.29) is 17.5 Å². The topological polar surface area (TPSA) is 58.2 Å². The SMILES string of the molecule is CCNC(=O)/C(=C\c1ccccc1)NC(=O)c1cccc(Br)c1. The second kappa shape index (κ2) is 8.29. The van der Waals surface area contributed by atoms with Crippen molar-refractivity contribution in [3.05, 3.63) is 75.9 Å². The summed E-state index contributed by atoms with van der Waals surface area (Å²) in [6.45, 7) is 2.31. The number of hydrogen-bond acceptors (Lipinski definition) is 2. The van der Waals surface area contributed by atoms with E-state index in [1.807, 2.05) is 43.3 Å². The van der Waals surface area contributed by atoms with Crippen LogP contribution in [0.5, 0.6) is 0 Å². The van der Waals surface area contributed by atoms with E-state index >= 15 is 0 Å². The Morgan fingerprint density at radius 1 is 1.09 bits per heavy atom. The molecule has 0 saturated heterocycles. The van der Waals surface area contributed by atoms with Gasteiger partial charge in [-0.15, -0.1) is 0 Å². The average Bonchev–Trinajstić information content (AvgIpc) is 2.55. The summed E-state index contributed by atoms with van der Waals surface area (Å²) in [5.74, 6) is -0.653. The summed E-state index contributed by atoms with van der Waals surface area (Å²) >= 11 is 3.33. The second-order valence-corrected chi connectivity index (χ2v) is 5.71. The van der Waals surface area contributed by atoms with E-state index in [4.69, 9.17) is 0 Å². The summed E-state index contributed by atoms with van der Waals surface area (Å²) in [7, 11) is 0. The fourth-order valence-corrected chi connectivity index (χ4v) is 2.35. The first-order chi connectivity index (χ1) is 11.1. The maximum absolute atomic E-state index is 12.4. The van der Waals surface area contributed by atoms with Crippen LogP contribution in [0.3, 0.4) is 0 Å². The molecule has 5 heteroatoms. The van der Waals surface area contributed by atoms with Crippen molar-refractivity contribution in [3.63, 3.8) is 0 Å². The summed E-state index contributed by atoms with van der Waals surface area (Å²) < 4.78 is 0.803. The fraction of sp³-hybridized carbons (Fsp3) is 0.111. The predicted octanol–water partition coefficient (Wildman–Crippen LogP) is 3.36. The number of likely N-dealkylation sites (N-methyl/N-ethyl adjacent to an activating group) is 1. The molecule has 0 fully saturated rings. The van der Waals surface area contributed by atoms with Gasteiger partial charge in [-0.05, 0) is 36.8 Å². The molecule has 4 nitrogen and oxygen atoms in total. The van der Waals surface area contributed by atoms with E-state index < -0.39 is 0 Å². The monoisotopic (exact) mass is 372 g/mol. The highest BCUT2D eigenvalue weighted by Gasteiger charge is 2.14. The van der Waals surface area contributed by atoms with Crippen LogP contribution in [0.4, 0.5) is 0 Å². The largest absolute Gasteiger partial charge is 0.351 e. The van der Waals surface area contributed by atoms with Crippen LogP contribution in [-0.2, 0) is 4.79 Å². The molecule has 0 aromatic heterocycles. The quantitative estimate of drug-likeness (QED) is 0.790. The van der Waals surface area contributed by atoms with Crippen molar-refractivity contribution < 1.29 is 9.59 Å². The first-order valence-corrected chi connectivity index (χ1v) is 8.01. The summed E-state index contributed by atoms with van der Waals surface area (Å²) in [5.41, 5.74) is 1.52. The van der Waals surface area contributed by atoms with Crippen LogP contribution in [0.1, 0.15) is 22.8 Å². The minimum Gasteiger partial charge on any atom is -0.351 e. The molecule has 0 aliphatic rings. The Balaban J connectivity index is 2.26. The molecule has 0 unspecified atom stereocenters. The molecule has 118 valence electrons. The smallest absolute Gasteiger partial charge is 0.267 e. The normalized spacial score (nSPS) is 11.0. The molecule has 0 radical (unpaired) electrons. The van der Waals surface area contributed by atoms with Crippen LogP contribution >= 0.6 is 15.9 Å². The molecule has 2 aromatic rings. The van der Waals surface area contributed by atoms with Gasteiger partial charge in [0, 0.05) is 16.6 Å². The molecular weight excluding hydrogens is 356 g/mol. The number of rotatable bonds is 5. The minimum absolute atomic E-state index is 0.211. The van der Waals surface area contributed by atoms with Crippen molar-refractivity contribution in [2.45, 2.75) is 6.92 Å². The number of nitrogens with one attached hydrogen (secondary N) is 2. The second-order valence-electron chi connectivity index (χ2n) is 4.79. The molecule has 23 heavy (non-hydrogen) atoms. The lowest BCUT2D eigenvalue weighted by Crippen LogP contribution is -2.34. The Hall–Kier alpha value is -2.40. The van der Waals surface area contributed by atoms with Gasteiger partial charge in [-0.2, -0.15) is 0 Å². The highest BCUT2D eigenvalue weighted by Crippen LogP contribution is 2.12. The predicted molar refractivity (Wildman–Crippen MR) is 94.7 cm³/mol. The van der Waals surface area contributed by atoms with Gasteiger partial charge in [0.05, 0.1) is 0 Å². The van der Waals surface area contributed by atoms with Crippen LogP contribution < -0.4 is 10.6 Å². The zero-order chi connectivity index (χ0) is 16.7. The van der Waals surface area contributed by atoms with E-state index in [0.29, 0.717) is 12.1 Å². The highest BCUT2D eigenvalue weighted by molar-refractivity contribution is 9.10. The van der Waals surface area contributed by atoms with Crippen LogP contribution in [-0.4, -0.2) is 18.4 Å². The van der Waals surface area contributed by atoms with Crippen molar-refractivity contribution in [2.24, 2.45) is 0 Å². The molecule has 0 bridgehead atoms. The number of amides is 2. The van der Waals surface area contributed by atoms with Gasteiger partial charge in [-0.1, -0.05) is 52.3 Å². The number of carbonyl (C=O) groups is 2. The number of benzene rings is 2. The Morgan fingerprint density at radius 2 is 1.83 bits per heavy atom. The van der Waals surface area contributed by atoms with Crippen LogP contribution in [0, 0.1) is 0 Å². The van der Waals surface area contributed by atoms with Crippen molar-refractivity contribution in [3.8, 4) is 0 Å². The van der Waals surface area contributed by atoms with Gasteiger partial charge in [-0.3, -0.25) is 9.59 Å². The molecular formula is C18H17BrN2O2. The van der Waals surface area contributed by atoms with E-state index in [1.165, 1.54) is 0 Å². The van der Waals surface area contributed by atoms with E-state index in [1.54, 1.807) is 24.3 Å². The third kappa shape index (κ3) is 5.07. The van der Waals surface area contributed by atoms with Gasteiger partial charge in [0.15, 0.2) is 0 Å². The van der Waals surface area contributed by atoms with Crippen molar-refractivity contribution in [1.82, 2.24) is 10.6 Å². The van der Waals surface area contributed by atoms with E-state index in [2.05, 4.69) is 26.6 Å². The number of hydrogen-bond donors (Lipinski definition) is 2. The first-order valence-electron chi connectivity index (χ1n) is 7.22. The molecule has 2 aromatic carbocycles. The van der Waals surface area contributed by atoms with Gasteiger partial charge >= 0.3 is 0 Å². The summed E-state index contributed by atoms with van der Waals surface area (Å²) in [6, 6.07) is 16.4. The third-order valence-corrected chi connectivity index (χ3v) is 3.52.